The minimum Gasteiger partial charge on any atom is -0.370 e. The maximum Gasteiger partial charge on any atom is 0.131 e. The molecule has 22 heavy (non-hydrogen) atoms. The number of piperidine rings is 1. The van der Waals surface area contributed by atoms with E-state index in [1.165, 1.54) is 12.8 Å². The third kappa shape index (κ3) is 3.83. The molecule has 0 bridgehead atoms. The molecule has 0 aliphatic carbocycles. The van der Waals surface area contributed by atoms with Gasteiger partial charge in [0.05, 0.1) is 5.69 Å². The van der Waals surface area contributed by atoms with Crippen LogP contribution < -0.4 is 10.6 Å². The number of aryl methyl sites for hydroxylation is 1. The van der Waals surface area contributed by atoms with Crippen LogP contribution >= 0.6 is 0 Å². The number of aromatic nitrogens is 2. The van der Waals surface area contributed by atoms with Crippen molar-refractivity contribution in [1.29, 1.82) is 0 Å². The molecule has 4 heteroatoms. The lowest BCUT2D eigenvalue weighted by Gasteiger charge is -2.23. The Labute approximate surface area is 132 Å². The molecule has 116 valence electrons. The lowest BCUT2D eigenvalue weighted by atomic mass is 9.98. The maximum atomic E-state index is 4.66. The quantitative estimate of drug-likeness (QED) is 0.890. The fourth-order valence-corrected chi connectivity index (χ4v) is 2.84. The Hall–Kier alpha value is -1.94. The number of anilines is 1. The molecule has 2 aromatic rings. The first kappa shape index (κ1) is 15.0. The van der Waals surface area contributed by atoms with Crippen molar-refractivity contribution in [1.82, 2.24) is 15.3 Å². The molecule has 1 aliphatic rings. The molecule has 0 unspecified atom stereocenters. The molecular formula is C18H24N4. The predicted octanol–water partition coefficient (Wildman–Crippen LogP) is 3.12. The van der Waals surface area contributed by atoms with E-state index in [-0.39, 0.29) is 0 Å². The summed E-state index contributed by atoms with van der Waals surface area (Å²) in [6, 6.07) is 12.4. The molecule has 1 fully saturated rings. The maximum absolute atomic E-state index is 4.66. The van der Waals surface area contributed by atoms with E-state index in [9.17, 15) is 0 Å². The van der Waals surface area contributed by atoms with Crippen molar-refractivity contribution >= 4 is 5.82 Å². The van der Waals surface area contributed by atoms with Crippen molar-refractivity contribution < 1.29 is 0 Å². The Balaban J connectivity index is 1.75. The Kier molecular flexibility index (Phi) is 5.01. The minimum atomic E-state index is 0.737. The van der Waals surface area contributed by atoms with Crippen LogP contribution in [0.3, 0.4) is 0 Å². The molecule has 0 spiro atoms. The monoisotopic (exact) mass is 296 g/mol. The fourth-order valence-electron chi connectivity index (χ4n) is 2.84. The number of nitrogens with zero attached hydrogens (tertiary/aromatic N) is 2. The van der Waals surface area contributed by atoms with E-state index >= 15 is 0 Å². The highest BCUT2D eigenvalue weighted by molar-refractivity contribution is 5.62. The van der Waals surface area contributed by atoms with Gasteiger partial charge in [-0.25, -0.2) is 9.97 Å². The number of hydrogen-bond donors (Lipinski definition) is 2. The van der Waals surface area contributed by atoms with E-state index in [1.807, 2.05) is 18.2 Å². The highest BCUT2D eigenvalue weighted by Gasteiger charge is 2.13. The Morgan fingerprint density at radius 1 is 1.14 bits per heavy atom. The van der Waals surface area contributed by atoms with Crippen LogP contribution in [0.1, 0.15) is 25.6 Å². The van der Waals surface area contributed by atoms with Gasteiger partial charge in [0.1, 0.15) is 11.6 Å². The van der Waals surface area contributed by atoms with E-state index in [1.54, 1.807) is 0 Å². The molecule has 2 heterocycles. The van der Waals surface area contributed by atoms with Gasteiger partial charge in [0.2, 0.25) is 0 Å². The Bertz CT molecular complexity index is 591. The summed E-state index contributed by atoms with van der Waals surface area (Å²) in [4.78, 5) is 9.28. The average molecular weight is 296 g/mol. The Morgan fingerprint density at radius 3 is 2.64 bits per heavy atom. The molecule has 1 aliphatic heterocycles. The van der Waals surface area contributed by atoms with Crippen molar-refractivity contribution in [3.05, 3.63) is 42.2 Å². The number of benzene rings is 1. The standard InChI is InChI=1S/C18H24N4/c1-2-17-21-16(15-6-4-3-5-7-15)12-18(22-17)20-13-14-8-10-19-11-9-14/h3-7,12,14,19H,2,8-11,13H2,1H3,(H,20,21,22). The van der Waals surface area contributed by atoms with Crippen LogP contribution in [-0.2, 0) is 6.42 Å². The third-order valence-electron chi connectivity index (χ3n) is 4.19. The summed E-state index contributed by atoms with van der Waals surface area (Å²) in [5, 5.41) is 6.93. The van der Waals surface area contributed by atoms with E-state index in [4.69, 9.17) is 0 Å². The molecule has 3 rings (SSSR count). The summed E-state index contributed by atoms with van der Waals surface area (Å²) < 4.78 is 0. The smallest absolute Gasteiger partial charge is 0.131 e. The second kappa shape index (κ2) is 7.36. The number of hydrogen-bond acceptors (Lipinski definition) is 4. The normalized spacial score (nSPS) is 15.7. The molecule has 2 N–H and O–H groups in total. The van der Waals surface area contributed by atoms with Gasteiger partial charge >= 0.3 is 0 Å². The lowest BCUT2D eigenvalue weighted by Crippen LogP contribution is -2.31. The van der Waals surface area contributed by atoms with Gasteiger partial charge in [-0.3, -0.25) is 0 Å². The van der Waals surface area contributed by atoms with Gasteiger partial charge in [-0.15, -0.1) is 0 Å². The van der Waals surface area contributed by atoms with E-state index in [0.29, 0.717) is 0 Å². The van der Waals surface area contributed by atoms with Gasteiger partial charge in [-0.1, -0.05) is 37.3 Å². The molecule has 4 nitrogen and oxygen atoms in total. The summed E-state index contributed by atoms with van der Waals surface area (Å²) in [6.45, 7) is 5.36. The zero-order chi connectivity index (χ0) is 15.2. The van der Waals surface area contributed by atoms with Crippen LogP contribution in [0, 0.1) is 5.92 Å². The van der Waals surface area contributed by atoms with Crippen molar-refractivity contribution in [3.8, 4) is 11.3 Å². The van der Waals surface area contributed by atoms with Crippen LogP contribution in [0.15, 0.2) is 36.4 Å². The first-order valence-corrected chi connectivity index (χ1v) is 8.23. The molecular weight excluding hydrogens is 272 g/mol. The van der Waals surface area contributed by atoms with Gasteiger partial charge in [0.15, 0.2) is 0 Å². The molecule has 0 amide bonds. The van der Waals surface area contributed by atoms with E-state index in [2.05, 4.69) is 45.7 Å². The zero-order valence-corrected chi connectivity index (χ0v) is 13.2. The minimum absolute atomic E-state index is 0.737. The SMILES string of the molecule is CCc1nc(NCC2CCNCC2)cc(-c2ccccc2)n1. The second-order valence-electron chi connectivity index (χ2n) is 5.85. The zero-order valence-electron chi connectivity index (χ0n) is 13.2. The molecule has 1 aromatic heterocycles. The average Bonchev–Trinajstić information content (AvgIpc) is 2.61. The number of rotatable bonds is 5. The summed E-state index contributed by atoms with van der Waals surface area (Å²) in [5.41, 5.74) is 2.14. The van der Waals surface area contributed by atoms with Gasteiger partial charge in [-0.2, -0.15) is 0 Å². The molecule has 0 saturated carbocycles. The van der Waals surface area contributed by atoms with Gasteiger partial charge in [0.25, 0.3) is 0 Å². The van der Waals surface area contributed by atoms with Crippen molar-refractivity contribution in [2.45, 2.75) is 26.2 Å². The van der Waals surface area contributed by atoms with Gasteiger partial charge in [-0.05, 0) is 31.8 Å². The van der Waals surface area contributed by atoms with Crippen LogP contribution in [0.5, 0.6) is 0 Å². The van der Waals surface area contributed by atoms with E-state index in [0.717, 1.165) is 54.9 Å². The van der Waals surface area contributed by atoms with Gasteiger partial charge in [0, 0.05) is 24.6 Å². The highest BCUT2D eigenvalue weighted by Crippen LogP contribution is 2.20. The van der Waals surface area contributed by atoms with Crippen molar-refractivity contribution in [2.24, 2.45) is 5.92 Å². The fraction of sp³-hybridized carbons (Fsp3) is 0.444. The van der Waals surface area contributed by atoms with Crippen LogP contribution in [0.25, 0.3) is 11.3 Å². The third-order valence-corrected chi connectivity index (χ3v) is 4.19. The molecule has 0 radical (unpaired) electrons. The summed E-state index contributed by atoms with van der Waals surface area (Å²) >= 11 is 0. The van der Waals surface area contributed by atoms with Gasteiger partial charge < -0.3 is 10.6 Å². The molecule has 1 aromatic carbocycles. The molecule has 1 saturated heterocycles. The summed E-state index contributed by atoms with van der Waals surface area (Å²) in [7, 11) is 0. The van der Waals surface area contributed by atoms with Crippen LogP contribution in [0.4, 0.5) is 5.82 Å². The summed E-state index contributed by atoms with van der Waals surface area (Å²) in [6.07, 6.45) is 3.33. The largest absolute Gasteiger partial charge is 0.370 e. The Morgan fingerprint density at radius 2 is 1.91 bits per heavy atom. The predicted molar refractivity (Wildman–Crippen MR) is 90.9 cm³/mol. The first-order valence-electron chi connectivity index (χ1n) is 8.23. The summed E-state index contributed by atoms with van der Waals surface area (Å²) in [5.74, 6) is 2.58. The van der Waals surface area contributed by atoms with Crippen LogP contribution in [0.2, 0.25) is 0 Å². The van der Waals surface area contributed by atoms with Crippen molar-refractivity contribution in [2.75, 3.05) is 25.0 Å². The highest BCUT2D eigenvalue weighted by atomic mass is 15.0. The van der Waals surface area contributed by atoms with Crippen LogP contribution in [-0.4, -0.2) is 29.6 Å². The second-order valence-corrected chi connectivity index (χ2v) is 5.85. The van der Waals surface area contributed by atoms with Crippen molar-refractivity contribution in [3.63, 3.8) is 0 Å². The number of nitrogens with one attached hydrogen (secondary N) is 2. The lowest BCUT2D eigenvalue weighted by molar-refractivity contribution is 0.389. The topological polar surface area (TPSA) is 49.8 Å². The first-order chi connectivity index (χ1) is 10.8. The van der Waals surface area contributed by atoms with E-state index < -0.39 is 0 Å². The molecule has 0 atom stereocenters.